The second-order valence-corrected chi connectivity index (χ2v) is 4.87. The van der Waals surface area contributed by atoms with Crippen molar-refractivity contribution in [1.29, 1.82) is 0 Å². The van der Waals surface area contributed by atoms with E-state index in [4.69, 9.17) is 11.6 Å². The third-order valence-corrected chi connectivity index (χ3v) is 3.45. The van der Waals surface area contributed by atoms with Crippen molar-refractivity contribution in [3.63, 3.8) is 0 Å². The molecule has 106 valence electrons. The number of piperazine rings is 1. The summed E-state index contributed by atoms with van der Waals surface area (Å²) < 4.78 is 0. The normalized spacial score (nSPS) is 15.4. The Morgan fingerprint density at radius 2 is 2.10 bits per heavy atom. The van der Waals surface area contributed by atoms with E-state index in [0.717, 1.165) is 6.07 Å². The predicted octanol–water partition coefficient (Wildman–Crippen LogP) is 1.16. The second-order valence-electron chi connectivity index (χ2n) is 4.46. The lowest BCUT2D eigenvalue weighted by Gasteiger charge is -2.32. The maximum Gasteiger partial charge on any atom is 0.270 e. The maximum absolute atomic E-state index is 12.3. The highest BCUT2D eigenvalue weighted by Gasteiger charge is 2.27. The fourth-order valence-corrected chi connectivity index (χ4v) is 2.15. The number of nitrogens with zero attached hydrogens (tertiary/aromatic N) is 3. The number of benzene rings is 1. The Balaban J connectivity index is 2.21. The quantitative estimate of drug-likeness (QED) is 0.606. The highest BCUT2D eigenvalue weighted by molar-refractivity contribution is 6.34. The van der Waals surface area contributed by atoms with Gasteiger partial charge in [-0.05, 0) is 6.07 Å². The zero-order chi connectivity index (χ0) is 14.9. The minimum atomic E-state index is -0.584. The summed E-state index contributed by atoms with van der Waals surface area (Å²) in [4.78, 5) is 36.8. The molecule has 1 heterocycles. The van der Waals surface area contributed by atoms with Gasteiger partial charge in [-0.1, -0.05) is 11.6 Å². The van der Waals surface area contributed by atoms with Gasteiger partial charge in [0.05, 0.1) is 15.5 Å². The molecule has 0 spiro atoms. The standard InChI is InChI=1S/C12H12ClN3O4/c1-14-4-5-15(7-11(14)17)12(18)9-3-2-8(16(19)20)6-10(9)13/h2-3,6H,4-5,7H2,1H3. The van der Waals surface area contributed by atoms with E-state index >= 15 is 0 Å². The number of likely N-dealkylation sites (N-methyl/N-ethyl adjacent to an activating group) is 1. The van der Waals surface area contributed by atoms with Crippen LogP contribution in [0.1, 0.15) is 10.4 Å². The van der Waals surface area contributed by atoms with Crippen LogP contribution in [-0.4, -0.2) is 53.2 Å². The van der Waals surface area contributed by atoms with Crippen LogP contribution in [0.4, 0.5) is 5.69 Å². The Hall–Kier alpha value is -2.15. The van der Waals surface area contributed by atoms with Gasteiger partial charge < -0.3 is 9.80 Å². The number of hydrogen-bond acceptors (Lipinski definition) is 4. The molecule has 1 aliphatic heterocycles. The minimum Gasteiger partial charge on any atom is -0.342 e. The molecular weight excluding hydrogens is 286 g/mol. The molecule has 8 heteroatoms. The molecule has 0 bridgehead atoms. The summed E-state index contributed by atoms with van der Waals surface area (Å²) in [6, 6.07) is 3.66. The van der Waals surface area contributed by atoms with E-state index in [2.05, 4.69) is 0 Å². The van der Waals surface area contributed by atoms with Gasteiger partial charge in [0.2, 0.25) is 5.91 Å². The van der Waals surface area contributed by atoms with Crippen LogP contribution < -0.4 is 0 Å². The van der Waals surface area contributed by atoms with E-state index in [9.17, 15) is 19.7 Å². The molecule has 0 unspecified atom stereocenters. The van der Waals surface area contributed by atoms with Crippen LogP contribution >= 0.6 is 11.6 Å². The van der Waals surface area contributed by atoms with Gasteiger partial charge in [0.15, 0.2) is 0 Å². The molecule has 7 nitrogen and oxygen atoms in total. The first-order chi connectivity index (χ1) is 9.40. The fourth-order valence-electron chi connectivity index (χ4n) is 1.89. The molecule has 0 N–H and O–H groups in total. The number of non-ortho nitro benzene ring substituents is 1. The molecule has 1 saturated heterocycles. The van der Waals surface area contributed by atoms with Gasteiger partial charge in [0.1, 0.15) is 6.54 Å². The Bertz CT molecular complexity index is 590. The van der Waals surface area contributed by atoms with Crippen LogP contribution in [-0.2, 0) is 4.79 Å². The topological polar surface area (TPSA) is 83.8 Å². The smallest absolute Gasteiger partial charge is 0.270 e. The van der Waals surface area contributed by atoms with Gasteiger partial charge in [-0.2, -0.15) is 0 Å². The average molecular weight is 298 g/mol. The molecular formula is C12H12ClN3O4. The molecule has 0 aromatic heterocycles. The zero-order valence-electron chi connectivity index (χ0n) is 10.7. The lowest BCUT2D eigenvalue weighted by atomic mass is 10.1. The van der Waals surface area contributed by atoms with Gasteiger partial charge in [-0.3, -0.25) is 19.7 Å². The summed E-state index contributed by atoms with van der Waals surface area (Å²) in [6.07, 6.45) is 0. The van der Waals surface area contributed by atoms with Crippen molar-refractivity contribution in [1.82, 2.24) is 9.80 Å². The molecule has 2 amide bonds. The first-order valence-electron chi connectivity index (χ1n) is 5.87. The van der Waals surface area contributed by atoms with Crippen molar-refractivity contribution >= 4 is 29.1 Å². The third kappa shape index (κ3) is 2.72. The van der Waals surface area contributed by atoms with E-state index in [1.54, 1.807) is 11.9 Å². The summed E-state index contributed by atoms with van der Waals surface area (Å²) in [6.45, 7) is 0.853. The van der Waals surface area contributed by atoms with Crippen molar-refractivity contribution in [2.24, 2.45) is 0 Å². The number of halogens is 1. The molecule has 0 saturated carbocycles. The average Bonchev–Trinajstić information content (AvgIpc) is 2.41. The molecule has 1 aromatic carbocycles. The van der Waals surface area contributed by atoms with Crippen molar-refractivity contribution in [2.45, 2.75) is 0 Å². The summed E-state index contributed by atoms with van der Waals surface area (Å²) in [5, 5.41) is 10.6. The monoisotopic (exact) mass is 297 g/mol. The number of amides is 2. The van der Waals surface area contributed by atoms with E-state index in [-0.39, 0.29) is 28.7 Å². The van der Waals surface area contributed by atoms with Gasteiger partial charge in [-0.15, -0.1) is 0 Å². The SMILES string of the molecule is CN1CCN(C(=O)c2ccc([N+](=O)[O-])cc2Cl)CC1=O. The maximum atomic E-state index is 12.3. The molecule has 20 heavy (non-hydrogen) atoms. The van der Waals surface area contributed by atoms with Crippen LogP contribution in [0, 0.1) is 10.1 Å². The first-order valence-corrected chi connectivity index (χ1v) is 6.25. The van der Waals surface area contributed by atoms with Gasteiger partial charge in [0.25, 0.3) is 11.6 Å². The highest BCUT2D eigenvalue weighted by Crippen LogP contribution is 2.24. The van der Waals surface area contributed by atoms with Crippen molar-refractivity contribution < 1.29 is 14.5 Å². The van der Waals surface area contributed by atoms with Gasteiger partial charge in [0, 0.05) is 32.3 Å². The molecule has 2 rings (SSSR count). The number of nitro benzene ring substituents is 1. The summed E-state index contributed by atoms with van der Waals surface area (Å²) in [5.41, 5.74) is -0.0179. The van der Waals surface area contributed by atoms with Crippen molar-refractivity contribution in [3.05, 3.63) is 38.9 Å². The minimum absolute atomic E-state index is 0.00979. The van der Waals surface area contributed by atoms with E-state index < -0.39 is 10.8 Å². The Morgan fingerprint density at radius 1 is 1.40 bits per heavy atom. The Morgan fingerprint density at radius 3 is 2.65 bits per heavy atom. The highest BCUT2D eigenvalue weighted by atomic mass is 35.5. The summed E-state index contributed by atoms with van der Waals surface area (Å²) in [5.74, 6) is -0.547. The number of hydrogen-bond donors (Lipinski definition) is 0. The predicted molar refractivity (Wildman–Crippen MR) is 71.6 cm³/mol. The number of nitro groups is 1. The summed E-state index contributed by atoms with van der Waals surface area (Å²) >= 11 is 5.91. The van der Waals surface area contributed by atoms with Crippen molar-refractivity contribution in [3.8, 4) is 0 Å². The van der Waals surface area contributed by atoms with Crippen LogP contribution in [0.5, 0.6) is 0 Å². The van der Waals surface area contributed by atoms with Gasteiger partial charge >= 0.3 is 0 Å². The van der Waals surface area contributed by atoms with Crippen molar-refractivity contribution in [2.75, 3.05) is 26.7 Å². The number of rotatable bonds is 2. The largest absolute Gasteiger partial charge is 0.342 e. The fraction of sp³-hybridized carbons (Fsp3) is 0.333. The van der Waals surface area contributed by atoms with Crippen LogP contribution in [0.3, 0.4) is 0 Å². The molecule has 0 aliphatic carbocycles. The van der Waals surface area contributed by atoms with Crippen LogP contribution in [0.25, 0.3) is 0 Å². The third-order valence-electron chi connectivity index (χ3n) is 3.14. The molecule has 1 fully saturated rings. The number of carbonyl (C=O) groups is 2. The Kier molecular flexibility index (Phi) is 3.89. The van der Waals surface area contributed by atoms with E-state index in [1.165, 1.54) is 17.0 Å². The van der Waals surface area contributed by atoms with Crippen LogP contribution in [0.15, 0.2) is 18.2 Å². The molecule has 1 aliphatic rings. The Labute approximate surface area is 119 Å². The van der Waals surface area contributed by atoms with Crippen LogP contribution in [0.2, 0.25) is 5.02 Å². The molecule has 1 aromatic rings. The zero-order valence-corrected chi connectivity index (χ0v) is 11.5. The lowest BCUT2D eigenvalue weighted by molar-refractivity contribution is -0.384. The summed E-state index contributed by atoms with van der Waals surface area (Å²) in [7, 11) is 1.67. The second kappa shape index (κ2) is 5.46. The van der Waals surface area contributed by atoms with E-state index in [1.807, 2.05) is 0 Å². The van der Waals surface area contributed by atoms with E-state index in [0.29, 0.717) is 13.1 Å². The first kappa shape index (κ1) is 14.3. The van der Waals surface area contributed by atoms with Gasteiger partial charge in [-0.25, -0.2) is 0 Å². The lowest BCUT2D eigenvalue weighted by Crippen LogP contribution is -2.50. The number of carbonyl (C=O) groups excluding carboxylic acids is 2. The molecule has 0 atom stereocenters. The molecule has 0 radical (unpaired) electrons.